The first-order chi connectivity index (χ1) is 9.65. The number of hydrogen-bond acceptors (Lipinski definition) is 2. The zero-order chi connectivity index (χ0) is 14.4. The molecule has 1 saturated heterocycles. The van der Waals surface area contributed by atoms with Gasteiger partial charge in [0.1, 0.15) is 0 Å². The SMILES string of the molecule is Cc1ccccc1CC(C)NC(=O)CC1CCNCC1. The van der Waals surface area contributed by atoms with E-state index in [-0.39, 0.29) is 11.9 Å². The highest BCUT2D eigenvalue weighted by Gasteiger charge is 2.17. The van der Waals surface area contributed by atoms with Crippen molar-refractivity contribution in [3.8, 4) is 0 Å². The predicted octanol–water partition coefficient (Wildman–Crippen LogP) is 2.43. The smallest absolute Gasteiger partial charge is 0.220 e. The lowest BCUT2D eigenvalue weighted by Crippen LogP contribution is -2.37. The van der Waals surface area contributed by atoms with Crippen molar-refractivity contribution < 1.29 is 4.79 Å². The second-order valence-electron chi connectivity index (χ2n) is 6.00. The van der Waals surface area contributed by atoms with Gasteiger partial charge in [0.2, 0.25) is 5.91 Å². The molecular weight excluding hydrogens is 248 g/mol. The molecule has 3 heteroatoms. The van der Waals surface area contributed by atoms with Gasteiger partial charge in [0, 0.05) is 12.5 Å². The minimum atomic E-state index is 0.199. The standard InChI is InChI=1S/C17H26N2O/c1-13-5-3-4-6-16(13)11-14(2)19-17(20)12-15-7-9-18-10-8-15/h3-6,14-15,18H,7-12H2,1-2H3,(H,19,20). The molecule has 1 amide bonds. The average Bonchev–Trinajstić information content (AvgIpc) is 2.42. The van der Waals surface area contributed by atoms with Crippen LogP contribution in [0.3, 0.4) is 0 Å². The van der Waals surface area contributed by atoms with Crippen LogP contribution in [0.5, 0.6) is 0 Å². The Morgan fingerprint density at radius 3 is 2.75 bits per heavy atom. The number of carbonyl (C=O) groups is 1. The summed E-state index contributed by atoms with van der Waals surface area (Å²) in [6.07, 6.45) is 3.84. The summed E-state index contributed by atoms with van der Waals surface area (Å²) < 4.78 is 0. The second-order valence-corrected chi connectivity index (χ2v) is 6.00. The van der Waals surface area contributed by atoms with E-state index in [9.17, 15) is 4.79 Å². The van der Waals surface area contributed by atoms with Gasteiger partial charge in [0.25, 0.3) is 0 Å². The molecule has 2 N–H and O–H groups in total. The zero-order valence-electron chi connectivity index (χ0n) is 12.6. The molecule has 1 aliphatic rings. The number of carbonyl (C=O) groups excluding carboxylic acids is 1. The molecule has 3 nitrogen and oxygen atoms in total. The molecule has 0 aromatic heterocycles. The van der Waals surface area contributed by atoms with Crippen LogP contribution in [0, 0.1) is 12.8 Å². The molecule has 1 aliphatic heterocycles. The second kappa shape index (κ2) is 7.44. The predicted molar refractivity (Wildman–Crippen MR) is 82.7 cm³/mol. The lowest BCUT2D eigenvalue weighted by molar-refractivity contribution is -0.122. The van der Waals surface area contributed by atoms with E-state index < -0.39 is 0 Å². The van der Waals surface area contributed by atoms with Crippen molar-refractivity contribution in [1.29, 1.82) is 0 Å². The summed E-state index contributed by atoms with van der Waals surface area (Å²) in [7, 11) is 0. The van der Waals surface area contributed by atoms with Gasteiger partial charge < -0.3 is 10.6 Å². The number of piperidine rings is 1. The monoisotopic (exact) mass is 274 g/mol. The molecule has 0 spiro atoms. The Labute approximate surface area is 122 Å². The first-order valence-electron chi connectivity index (χ1n) is 7.69. The van der Waals surface area contributed by atoms with Crippen molar-refractivity contribution >= 4 is 5.91 Å². The fourth-order valence-corrected chi connectivity index (χ4v) is 2.90. The van der Waals surface area contributed by atoms with Gasteiger partial charge in [-0.2, -0.15) is 0 Å². The lowest BCUT2D eigenvalue weighted by atomic mass is 9.94. The number of hydrogen-bond donors (Lipinski definition) is 2. The van der Waals surface area contributed by atoms with Crippen LogP contribution in [0.25, 0.3) is 0 Å². The molecule has 1 fully saturated rings. The van der Waals surface area contributed by atoms with Crippen LogP contribution < -0.4 is 10.6 Å². The maximum atomic E-state index is 12.1. The van der Waals surface area contributed by atoms with Crippen LogP contribution in [0.15, 0.2) is 24.3 Å². The average molecular weight is 274 g/mol. The summed E-state index contributed by atoms with van der Waals surface area (Å²) in [5.74, 6) is 0.764. The number of aryl methyl sites for hydroxylation is 1. The molecule has 20 heavy (non-hydrogen) atoms. The molecule has 0 saturated carbocycles. The number of nitrogens with one attached hydrogen (secondary N) is 2. The van der Waals surface area contributed by atoms with E-state index >= 15 is 0 Å². The third-order valence-electron chi connectivity index (χ3n) is 4.13. The summed E-state index contributed by atoms with van der Waals surface area (Å²) in [5, 5.41) is 6.48. The molecule has 110 valence electrons. The van der Waals surface area contributed by atoms with Crippen molar-refractivity contribution in [2.45, 2.75) is 45.6 Å². The Morgan fingerprint density at radius 1 is 1.35 bits per heavy atom. The fourth-order valence-electron chi connectivity index (χ4n) is 2.90. The minimum Gasteiger partial charge on any atom is -0.353 e. The molecule has 1 atom stereocenters. The van der Waals surface area contributed by atoms with Crippen LogP contribution in [-0.4, -0.2) is 25.0 Å². The summed E-state index contributed by atoms with van der Waals surface area (Å²) >= 11 is 0. The highest BCUT2D eigenvalue weighted by Crippen LogP contribution is 2.16. The summed E-state index contributed by atoms with van der Waals surface area (Å²) in [6, 6.07) is 8.58. The highest BCUT2D eigenvalue weighted by molar-refractivity contribution is 5.76. The Kier molecular flexibility index (Phi) is 5.60. The van der Waals surface area contributed by atoms with Gasteiger partial charge in [-0.15, -0.1) is 0 Å². The number of benzene rings is 1. The molecule has 2 rings (SSSR count). The van der Waals surface area contributed by atoms with Crippen molar-refractivity contribution in [3.63, 3.8) is 0 Å². The van der Waals surface area contributed by atoms with Gasteiger partial charge in [-0.1, -0.05) is 24.3 Å². The van der Waals surface area contributed by atoms with Crippen molar-refractivity contribution in [1.82, 2.24) is 10.6 Å². The van der Waals surface area contributed by atoms with Crippen LogP contribution >= 0.6 is 0 Å². The summed E-state index contributed by atoms with van der Waals surface area (Å²) in [5.41, 5.74) is 2.62. The van der Waals surface area contributed by atoms with E-state index in [1.165, 1.54) is 11.1 Å². The largest absolute Gasteiger partial charge is 0.353 e. The Hall–Kier alpha value is -1.35. The first-order valence-corrected chi connectivity index (χ1v) is 7.69. The van der Waals surface area contributed by atoms with E-state index in [4.69, 9.17) is 0 Å². The van der Waals surface area contributed by atoms with Gasteiger partial charge >= 0.3 is 0 Å². The molecule has 1 aromatic rings. The maximum Gasteiger partial charge on any atom is 0.220 e. The van der Waals surface area contributed by atoms with Crippen molar-refractivity contribution in [2.75, 3.05) is 13.1 Å². The Morgan fingerprint density at radius 2 is 2.05 bits per heavy atom. The molecular formula is C17H26N2O. The van der Waals surface area contributed by atoms with Gasteiger partial charge in [0.15, 0.2) is 0 Å². The molecule has 1 heterocycles. The highest BCUT2D eigenvalue weighted by atomic mass is 16.1. The summed E-state index contributed by atoms with van der Waals surface area (Å²) in [6.45, 7) is 6.32. The zero-order valence-corrected chi connectivity index (χ0v) is 12.6. The molecule has 1 unspecified atom stereocenters. The summed E-state index contributed by atoms with van der Waals surface area (Å²) in [4.78, 5) is 12.1. The van der Waals surface area contributed by atoms with Crippen LogP contribution in [-0.2, 0) is 11.2 Å². The topological polar surface area (TPSA) is 41.1 Å². The Bertz CT molecular complexity index is 438. The minimum absolute atomic E-state index is 0.199. The third-order valence-corrected chi connectivity index (χ3v) is 4.13. The van der Waals surface area contributed by atoms with E-state index in [0.717, 1.165) is 32.4 Å². The molecule has 1 aromatic carbocycles. The number of rotatable bonds is 5. The van der Waals surface area contributed by atoms with Gasteiger partial charge in [-0.05, 0) is 63.2 Å². The first kappa shape index (κ1) is 15.0. The van der Waals surface area contributed by atoms with Crippen LogP contribution in [0.1, 0.15) is 37.3 Å². The lowest BCUT2D eigenvalue weighted by Gasteiger charge is -2.23. The van der Waals surface area contributed by atoms with E-state index in [2.05, 4.69) is 48.7 Å². The van der Waals surface area contributed by atoms with E-state index in [1.807, 2.05) is 0 Å². The molecule has 0 bridgehead atoms. The Balaban J connectivity index is 1.77. The van der Waals surface area contributed by atoms with Crippen LogP contribution in [0.2, 0.25) is 0 Å². The van der Waals surface area contributed by atoms with E-state index in [1.54, 1.807) is 0 Å². The van der Waals surface area contributed by atoms with Gasteiger partial charge in [-0.3, -0.25) is 4.79 Å². The maximum absolute atomic E-state index is 12.1. The normalized spacial score (nSPS) is 17.7. The van der Waals surface area contributed by atoms with Crippen LogP contribution in [0.4, 0.5) is 0 Å². The quantitative estimate of drug-likeness (QED) is 0.866. The molecule has 0 aliphatic carbocycles. The molecule has 0 radical (unpaired) electrons. The van der Waals surface area contributed by atoms with Gasteiger partial charge in [-0.25, -0.2) is 0 Å². The van der Waals surface area contributed by atoms with Gasteiger partial charge in [0.05, 0.1) is 0 Å². The number of amides is 1. The third kappa shape index (κ3) is 4.64. The van der Waals surface area contributed by atoms with E-state index in [0.29, 0.717) is 12.3 Å². The van der Waals surface area contributed by atoms with Crippen molar-refractivity contribution in [3.05, 3.63) is 35.4 Å². The van der Waals surface area contributed by atoms with Crippen molar-refractivity contribution in [2.24, 2.45) is 5.92 Å². The fraction of sp³-hybridized carbons (Fsp3) is 0.588.